The van der Waals surface area contributed by atoms with Gasteiger partial charge in [-0.1, -0.05) is 64.1 Å². The molecule has 1 unspecified atom stereocenters. The predicted octanol–water partition coefficient (Wildman–Crippen LogP) is 5.57. The Morgan fingerprint density at radius 3 is 2.34 bits per heavy atom. The van der Waals surface area contributed by atoms with E-state index in [0.29, 0.717) is 36.5 Å². The van der Waals surface area contributed by atoms with Gasteiger partial charge in [-0.15, -0.1) is 0 Å². The second kappa shape index (κ2) is 23.3. The summed E-state index contributed by atoms with van der Waals surface area (Å²) in [5, 5.41) is 23.7. The van der Waals surface area contributed by atoms with Gasteiger partial charge in [-0.3, -0.25) is 38.3 Å². The summed E-state index contributed by atoms with van der Waals surface area (Å²) in [6.45, 7) is 7.34. The molecule has 7 rings (SSSR count). The maximum Gasteiger partial charge on any atom is 0.319 e. The minimum Gasteiger partial charge on any atom is -0.481 e. The Morgan fingerprint density at radius 2 is 1.59 bits per heavy atom. The molecule has 5 aromatic rings. The van der Waals surface area contributed by atoms with Crippen LogP contribution in [0, 0.1) is 5.92 Å². The number of urea groups is 1. The third kappa shape index (κ3) is 12.6. The normalized spacial score (nSPS) is 15.4. The molecule has 21 heteroatoms. The number of sulfonamides is 1. The molecule has 2 aromatic heterocycles. The van der Waals surface area contributed by atoms with Crippen molar-refractivity contribution in [2.75, 3.05) is 23.1 Å². The summed E-state index contributed by atoms with van der Waals surface area (Å²) in [6.07, 6.45) is -0.235. The molecule has 0 radical (unpaired) electrons. The molecule has 0 fully saturated rings. The van der Waals surface area contributed by atoms with E-state index in [-0.39, 0.29) is 84.0 Å². The van der Waals surface area contributed by atoms with Gasteiger partial charge < -0.3 is 41.0 Å². The average Bonchev–Trinajstić information content (AvgIpc) is 3.72. The highest BCUT2D eigenvalue weighted by atomic mass is 32.2. The molecule has 5 amide bonds. The Kier molecular flexibility index (Phi) is 17.0. The van der Waals surface area contributed by atoms with E-state index in [1.165, 1.54) is 48.5 Å². The number of ketones is 1. The van der Waals surface area contributed by atoms with Crippen LogP contribution in [0.1, 0.15) is 107 Å². The number of nitrogens with one attached hydrogen (secondary N) is 6. The Labute approximate surface area is 427 Å². The highest BCUT2D eigenvalue weighted by Crippen LogP contribution is 2.42. The van der Waals surface area contributed by atoms with Gasteiger partial charge >= 0.3 is 18.0 Å². The van der Waals surface area contributed by atoms with Gasteiger partial charge in [-0.2, -0.15) is 0 Å². The smallest absolute Gasteiger partial charge is 0.319 e. The van der Waals surface area contributed by atoms with Gasteiger partial charge in [0, 0.05) is 48.1 Å². The van der Waals surface area contributed by atoms with Crippen molar-refractivity contribution in [3.8, 4) is 11.4 Å². The van der Waals surface area contributed by atoms with E-state index in [9.17, 15) is 51.9 Å². The first-order valence-electron chi connectivity index (χ1n) is 24.5. The molecule has 2 aliphatic heterocycles. The molecule has 7 N–H and O–H groups in total. The number of amides is 5. The zero-order valence-electron chi connectivity index (χ0n) is 41.5. The number of hydrogen-bond donors (Lipinski definition) is 7. The van der Waals surface area contributed by atoms with Crippen LogP contribution in [0.2, 0.25) is 0 Å². The van der Waals surface area contributed by atoms with Crippen LogP contribution in [0.25, 0.3) is 22.3 Å². The quantitative estimate of drug-likeness (QED) is 0.0387. The molecule has 4 heterocycles. The van der Waals surface area contributed by atoms with Crippen LogP contribution < -0.4 is 36.9 Å². The third-order valence-corrected chi connectivity index (χ3v) is 14.4. The molecule has 3 aromatic carbocycles. The lowest BCUT2D eigenvalue weighted by Gasteiger charge is -2.37. The number of aliphatic carboxylic acids is 1. The number of pyridine rings is 2. The second-order valence-corrected chi connectivity index (χ2v) is 20.6. The maximum absolute atomic E-state index is 14.3. The van der Waals surface area contributed by atoms with Crippen molar-refractivity contribution in [1.29, 1.82) is 0 Å². The lowest BCUT2D eigenvalue weighted by molar-refractivity contribution is -0.156. The Bertz CT molecular complexity index is 3190. The molecule has 0 aliphatic carbocycles. The molecule has 20 nitrogen and oxygen atoms in total. The molecule has 0 bridgehead atoms. The number of rotatable bonds is 23. The third-order valence-electron chi connectivity index (χ3n) is 13.0. The van der Waals surface area contributed by atoms with E-state index < -0.39 is 82.0 Å². The van der Waals surface area contributed by atoms with E-state index in [2.05, 4.69) is 31.3 Å². The zero-order valence-corrected chi connectivity index (χ0v) is 42.4. The standard InChI is InChI=1S/C53H60N8O12S/c1-5-20-54-52(70)56-35-14-10-16-37(24-35)74(71,72)60-36-15-9-13-33(23-36)41(26-48(66)67)57-46(64)19-11-18-45(63)55-28-47(65)58-42(21-31(3)4)44(62)27-53(6-2)39-25-43-49-34(22-32-12-7-8-17-40(32)59-49)29-61(43)50(68)38(39)30-73-51(53)69/h7-10,12-17,22-25,31,41-42,60H,5-6,11,18-21,26-30H2,1-4H3,(H,55,63)(H,57,64)(H,58,65)(H,66,67)(H2,54,56,70)/t41?,42-,53-/m0/s1. The number of anilines is 2. The van der Waals surface area contributed by atoms with E-state index in [1.807, 2.05) is 51.1 Å². The van der Waals surface area contributed by atoms with Crippen molar-refractivity contribution in [1.82, 2.24) is 30.8 Å². The number of carbonyl (C=O) groups excluding carboxylic acids is 6. The van der Waals surface area contributed by atoms with Gasteiger partial charge in [0.15, 0.2) is 5.78 Å². The minimum absolute atomic E-state index is 0.0171. The Morgan fingerprint density at radius 1 is 0.851 bits per heavy atom. The van der Waals surface area contributed by atoms with Crippen molar-refractivity contribution in [3.05, 3.63) is 118 Å². The number of fused-ring (bicyclic) bond motifs is 5. The van der Waals surface area contributed by atoms with E-state index in [1.54, 1.807) is 17.6 Å². The van der Waals surface area contributed by atoms with Crippen LogP contribution in [-0.2, 0) is 62.1 Å². The number of esters is 1. The number of hydrogen-bond acceptors (Lipinski definition) is 12. The molecule has 0 saturated heterocycles. The topological polar surface area (TPSA) is 290 Å². The summed E-state index contributed by atoms with van der Waals surface area (Å²) in [7, 11) is -4.19. The summed E-state index contributed by atoms with van der Waals surface area (Å²) in [6, 6.07) is 20.2. The highest BCUT2D eigenvalue weighted by molar-refractivity contribution is 7.92. The fourth-order valence-corrected chi connectivity index (χ4v) is 10.4. The molecular formula is C53H60N8O12S. The molecular weight excluding hydrogens is 973 g/mol. The van der Waals surface area contributed by atoms with Gasteiger partial charge in [0.25, 0.3) is 15.6 Å². The number of nitrogens with zero attached hydrogens (tertiary/aromatic N) is 2. The largest absolute Gasteiger partial charge is 0.481 e. The fraction of sp³-hybridized carbons (Fsp3) is 0.377. The molecule has 74 heavy (non-hydrogen) atoms. The molecule has 0 saturated carbocycles. The van der Waals surface area contributed by atoms with Crippen LogP contribution in [0.4, 0.5) is 16.2 Å². The number of para-hydroxylation sites is 1. The number of cyclic esters (lactones) is 1. The lowest BCUT2D eigenvalue weighted by atomic mass is 9.70. The number of carboxylic acid groups (broad SMARTS) is 1. The molecule has 2 aliphatic rings. The van der Waals surface area contributed by atoms with Crippen LogP contribution in [0.15, 0.2) is 94.6 Å². The molecule has 3 atom stereocenters. The number of ether oxygens (including phenoxy) is 1. The summed E-state index contributed by atoms with van der Waals surface area (Å²) in [5.41, 5.74) is 2.17. The fourth-order valence-electron chi connectivity index (χ4n) is 9.26. The van der Waals surface area contributed by atoms with Gasteiger partial charge in [0.1, 0.15) is 12.0 Å². The van der Waals surface area contributed by atoms with Gasteiger partial charge in [-0.05, 0) is 91.3 Å². The Balaban J connectivity index is 0.932. The zero-order chi connectivity index (χ0) is 53.3. The van der Waals surface area contributed by atoms with Crippen LogP contribution in [0.5, 0.6) is 0 Å². The maximum atomic E-state index is 14.3. The predicted molar refractivity (Wildman–Crippen MR) is 274 cm³/mol. The van der Waals surface area contributed by atoms with E-state index in [0.717, 1.165) is 16.5 Å². The van der Waals surface area contributed by atoms with Crippen molar-refractivity contribution in [2.45, 2.75) is 115 Å². The number of aromatic nitrogens is 2. The average molecular weight is 1030 g/mol. The van der Waals surface area contributed by atoms with Gasteiger partial charge in [0.05, 0.1) is 59.0 Å². The van der Waals surface area contributed by atoms with Crippen LogP contribution >= 0.6 is 0 Å². The number of carboxylic acids is 1. The lowest BCUT2D eigenvalue weighted by Crippen LogP contribution is -2.51. The number of carbonyl (C=O) groups is 7. The first-order chi connectivity index (χ1) is 35.3. The first-order valence-corrected chi connectivity index (χ1v) is 26.0. The van der Waals surface area contributed by atoms with Crippen molar-refractivity contribution < 1.29 is 51.8 Å². The summed E-state index contributed by atoms with van der Waals surface area (Å²) >= 11 is 0. The van der Waals surface area contributed by atoms with Gasteiger partial charge in [-0.25, -0.2) is 18.2 Å². The highest BCUT2D eigenvalue weighted by Gasteiger charge is 2.49. The summed E-state index contributed by atoms with van der Waals surface area (Å²) in [5.74, 6) is -4.26. The first kappa shape index (κ1) is 53.8. The van der Waals surface area contributed by atoms with Crippen LogP contribution in [-0.4, -0.2) is 83.7 Å². The van der Waals surface area contributed by atoms with Crippen molar-refractivity contribution in [3.63, 3.8) is 0 Å². The van der Waals surface area contributed by atoms with Crippen molar-refractivity contribution >= 4 is 73.8 Å². The SMILES string of the molecule is CCCNC(=O)Nc1cccc(S(=O)(=O)Nc2cccc(C(CC(=O)O)NC(=O)CCCC(=O)NCC(=O)N[C@@H](CC(C)C)C(=O)C[C@]3(CC)C(=O)OCc4c3cc3n(c4=O)Cc4cc5ccccc5nc4-3)c2)c1. The summed E-state index contributed by atoms with van der Waals surface area (Å²) < 4.78 is 36.4. The Hall–Kier alpha value is -7.94. The van der Waals surface area contributed by atoms with Crippen molar-refractivity contribution in [2.24, 2.45) is 5.92 Å². The minimum atomic E-state index is -4.19. The van der Waals surface area contributed by atoms with E-state index >= 15 is 0 Å². The summed E-state index contributed by atoms with van der Waals surface area (Å²) in [4.78, 5) is 110. The van der Waals surface area contributed by atoms with Crippen LogP contribution in [0.3, 0.4) is 0 Å². The second-order valence-electron chi connectivity index (χ2n) is 18.9. The monoisotopic (exact) mass is 1030 g/mol. The molecule has 390 valence electrons. The van der Waals surface area contributed by atoms with Gasteiger partial charge in [0.2, 0.25) is 17.7 Å². The molecule has 0 spiro atoms. The van der Waals surface area contributed by atoms with E-state index in [4.69, 9.17) is 9.72 Å². The number of benzene rings is 3. The number of Topliss-reactive ketones (excluding diaryl/α,β-unsaturated/α-hetero) is 1.